The lowest BCUT2D eigenvalue weighted by Gasteiger charge is -2.09. The average molecular weight is 366 g/mol. The SMILES string of the molecule is O=C(c1cccc(C(F)(F)F)c1)c1c[nH]c(C(=O)NC[C@H]2CCCO2)c1. The molecular formula is C18H17F3N2O3. The molecule has 1 aromatic heterocycles. The number of carbonyl (C=O) groups excluding carboxylic acids is 2. The second-order valence-corrected chi connectivity index (χ2v) is 6.05. The van der Waals surface area contributed by atoms with Crippen LogP contribution in [0.4, 0.5) is 13.2 Å². The molecule has 8 heteroatoms. The Morgan fingerprint density at radius 1 is 1.23 bits per heavy atom. The minimum Gasteiger partial charge on any atom is -0.376 e. The van der Waals surface area contributed by atoms with Crippen LogP contribution >= 0.6 is 0 Å². The van der Waals surface area contributed by atoms with Gasteiger partial charge in [0.05, 0.1) is 11.7 Å². The molecule has 1 fully saturated rings. The van der Waals surface area contributed by atoms with Crippen molar-refractivity contribution >= 4 is 11.7 Å². The van der Waals surface area contributed by atoms with Crippen LogP contribution in [0.1, 0.15) is 44.8 Å². The Bertz CT molecular complexity index is 808. The van der Waals surface area contributed by atoms with Crippen molar-refractivity contribution in [2.75, 3.05) is 13.2 Å². The number of aromatic nitrogens is 1. The number of halogens is 3. The first-order valence-corrected chi connectivity index (χ1v) is 8.15. The van der Waals surface area contributed by atoms with Gasteiger partial charge in [-0.3, -0.25) is 9.59 Å². The maximum atomic E-state index is 12.8. The summed E-state index contributed by atoms with van der Waals surface area (Å²) in [6, 6.07) is 5.51. The van der Waals surface area contributed by atoms with Gasteiger partial charge in [0.2, 0.25) is 0 Å². The van der Waals surface area contributed by atoms with E-state index in [9.17, 15) is 22.8 Å². The zero-order valence-corrected chi connectivity index (χ0v) is 13.7. The van der Waals surface area contributed by atoms with Gasteiger partial charge >= 0.3 is 6.18 Å². The number of nitrogens with one attached hydrogen (secondary N) is 2. The molecule has 1 aliphatic heterocycles. The van der Waals surface area contributed by atoms with Gasteiger partial charge < -0.3 is 15.0 Å². The lowest BCUT2D eigenvalue weighted by Crippen LogP contribution is -2.31. The number of ketones is 1. The van der Waals surface area contributed by atoms with E-state index < -0.39 is 23.4 Å². The molecule has 138 valence electrons. The standard InChI is InChI=1S/C18H17F3N2O3/c19-18(20,21)13-4-1-3-11(7-13)16(24)12-8-15(22-9-12)17(25)23-10-14-5-2-6-26-14/h1,3-4,7-9,14,22H,2,5-6,10H2,(H,23,25)/t14-/m1/s1. The fraction of sp³-hybridized carbons (Fsp3) is 0.333. The van der Waals surface area contributed by atoms with Crippen LogP contribution in [-0.2, 0) is 10.9 Å². The predicted molar refractivity (Wildman–Crippen MR) is 87.0 cm³/mol. The fourth-order valence-electron chi connectivity index (χ4n) is 2.77. The monoisotopic (exact) mass is 366 g/mol. The molecule has 2 heterocycles. The molecule has 2 aromatic rings. The van der Waals surface area contributed by atoms with Crippen molar-refractivity contribution in [3.63, 3.8) is 0 Å². The van der Waals surface area contributed by atoms with Gasteiger partial charge in [0.15, 0.2) is 5.78 Å². The van der Waals surface area contributed by atoms with Gasteiger partial charge in [-0.2, -0.15) is 13.2 Å². The van der Waals surface area contributed by atoms with Gasteiger partial charge in [-0.1, -0.05) is 12.1 Å². The Labute approximate surface area is 147 Å². The predicted octanol–water partition coefficient (Wildman–Crippen LogP) is 3.17. The van der Waals surface area contributed by atoms with Gasteiger partial charge in [0, 0.05) is 30.5 Å². The highest BCUT2D eigenvalue weighted by atomic mass is 19.4. The quantitative estimate of drug-likeness (QED) is 0.799. The highest BCUT2D eigenvalue weighted by Gasteiger charge is 2.31. The third-order valence-electron chi connectivity index (χ3n) is 4.16. The first kappa shape index (κ1) is 18.2. The largest absolute Gasteiger partial charge is 0.416 e. The van der Waals surface area contributed by atoms with Crippen LogP contribution in [0.5, 0.6) is 0 Å². The van der Waals surface area contributed by atoms with E-state index in [0.29, 0.717) is 13.2 Å². The Kier molecular flexibility index (Phi) is 5.13. The maximum absolute atomic E-state index is 12.8. The molecular weight excluding hydrogens is 349 g/mol. The molecule has 0 radical (unpaired) electrons. The Morgan fingerprint density at radius 2 is 2.04 bits per heavy atom. The number of ether oxygens (including phenoxy) is 1. The first-order chi connectivity index (χ1) is 12.3. The Hall–Kier alpha value is -2.61. The van der Waals surface area contributed by atoms with Crippen molar-refractivity contribution in [3.8, 4) is 0 Å². The van der Waals surface area contributed by atoms with Crippen molar-refractivity contribution < 1.29 is 27.5 Å². The lowest BCUT2D eigenvalue weighted by atomic mass is 10.0. The summed E-state index contributed by atoms with van der Waals surface area (Å²) in [6.07, 6.45) is -1.39. The zero-order chi connectivity index (χ0) is 18.7. The van der Waals surface area contributed by atoms with Crippen molar-refractivity contribution in [1.82, 2.24) is 10.3 Å². The van der Waals surface area contributed by atoms with Crippen LogP contribution in [0, 0.1) is 0 Å². The van der Waals surface area contributed by atoms with Gasteiger partial charge in [0.25, 0.3) is 5.91 Å². The minimum atomic E-state index is -4.53. The van der Waals surface area contributed by atoms with Crippen LogP contribution in [0.2, 0.25) is 0 Å². The topological polar surface area (TPSA) is 71.2 Å². The van der Waals surface area contributed by atoms with Gasteiger partial charge in [-0.25, -0.2) is 0 Å². The molecule has 1 aliphatic rings. The summed E-state index contributed by atoms with van der Waals surface area (Å²) < 4.78 is 43.7. The van der Waals surface area contributed by atoms with Crippen molar-refractivity contribution in [3.05, 3.63) is 58.9 Å². The van der Waals surface area contributed by atoms with Crippen LogP contribution in [0.15, 0.2) is 36.5 Å². The van der Waals surface area contributed by atoms with Crippen LogP contribution in [0.25, 0.3) is 0 Å². The van der Waals surface area contributed by atoms with Crippen LogP contribution in [-0.4, -0.2) is 35.9 Å². The molecule has 1 saturated heterocycles. The van der Waals surface area contributed by atoms with Gasteiger partial charge in [-0.15, -0.1) is 0 Å². The van der Waals surface area contributed by atoms with E-state index in [1.165, 1.54) is 24.4 Å². The highest BCUT2D eigenvalue weighted by molar-refractivity contribution is 6.10. The molecule has 1 amide bonds. The van der Waals surface area contributed by atoms with Gasteiger partial charge in [0.1, 0.15) is 5.69 Å². The fourth-order valence-corrected chi connectivity index (χ4v) is 2.77. The van der Waals surface area contributed by atoms with E-state index in [0.717, 1.165) is 25.0 Å². The smallest absolute Gasteiger partial charge is 0.376 e. The third-order valence-corrected chi connectivity index (χ3v) is 4.16. The molecule has 5 nitrogen and oxygen atoms in total. The number of carbonyl (C=O) groups is 2. The molecule has 26 heavy (non-hydrogen) atoms. The van der Waals surface area contributed by atoms with E-state index in [1.807, 2.05) is 0 Å². The molecule has 1 atom stereocenters. The summed E-state index contributed by atoms with van der Waals surface area (Å²) in [7, 11) is 0. The zero-order valence-electron chi connectivity index (χ0n) is 13.7. The van der Waals surface area contributed by atoms with E-state index in [2.05, 4.69) is 10.3 Å². The summed E-state index contributed by atoms with van der Waals surface area (Å²) >= 11 is 0. The lowest BCUT2D eigenvalue weighted by molar-refractivity contribution is -0.137. The highest BCUT2D eigenvalue weighted by Crippen LogP contribution is 2.30. The van der Waals surface area contributed by atoms with E-state index in [-0.39, 0.29) is 22.9 Å². The molecule has 0 aliphatic carbocycles. The average Bonchev–Trinajstić information content (AvgIpc) is 3.30. The Morgan fingerprint density at radius 3 is 2.73 bits per heavy atom. The van der Waals surface area contributed by atoms with Crippen LogP contribution in [0.3, 0.4) is 0 Å². The summed E-state index contributed by atoms with van der Waals surface area (Å²) in [4.78, 5) is 27.2. The number of hydrogen-bond donors (Lipinski definition) is 2. The van der Waals surface area contributed by atoms with Crippen LogP contribution < -0.4 is 5.32 Å². The molecule has 2 N–H and O–H groups in total. The molecule has 0 spiro atoms. The number of benzene rings is 1. The summed E-state index contributed by atoms with van der Waals surface area (Å²) in [6.45, 7) is 1.05. The Balaban J connectivity index is 1.68. The van der Waals surface area contributed by atoms with Crippen molar-refractivity contribution in [1.29, 1.82) is 0 Å². The molecule has 0 saturated carbocycles. The number of hydrogen-bond acceptors (Lipinski definition) is 3. The number of amides is 1. The second-order valence-electron chi connectivity index (χ2n) is 6.05. The van der Waals surface area contributed by atoms with Crippen molar-refractivity contribution in [2.45, 2.75) is 25.1 Å². The maximum Gasteiger partial charge on any atom is 0.416 e. The molecule has 0 unspecified atom stereocenters. The summed E-state index contributed by atoms with van der Waals surface area (Å²) in [5.74, 6) is -0.992. The van der Waals surface area contributed by atoms with Gasteiger partial charge in [-0.05, 0) is 31.0 Å². The number of aromatic amines is 1. The summed E-state index contributed by atoms with van der Waals surface area (Å²) in [5.41, 5.74) is -0.705. The number of H-pyrrole nitrogens is 1. The third kappa shape index (κ3) is 4.13. The van der Waals surface area contributed by atoms with E-state index in [4.69, 9.17) is 4.74 Å². The second kappa shape index (κ2) is 7.33. The number of rotatable bonds is 5. The molecule has 0 bridgehead atoms. The molecule has 3 rings (SSSR count). The first-order valence-electron chi connectivity index (χ1n) is 8.15. The minimum absolute atomic E-state index is 0.0138. The van der Waals surface area contributed by atoms with Crippen molar-refractivity contribution in [2.24, 2.45) is 0 Å². The summed E-state index contributed by atoms with van der Waals surface area (Å²) in [5, 5.41) is 2.71. The van der Waals surface area contributed by atoms with E-state index in [1.54, 1.807) is 0 Å². The normalized spacial score (nSPS) is 17.3. The van der Waals surface area contributed by atoms with E-state index >= 15 is 0 Å². The molecule has 1 aromatic carbocycles. The number of alkyl halides is 3.